The number of nitrogens with one attached hydrogen (secondary N) is 1. The van der Waals surface area contributed by atoms with E-state index in [1.54, 1.807) is 0 Å². The van der Waals surface area contributed by atoms with Crippen LogP contribution in [0.1, 0.15) is 18.5 Å². The van der Waals surface area contributed by atoms with Crippen LogP contribution in [0.15, 0.2) is 16.5 Å². The van der Waals surface area contributed by atoms with Crippen LogP contribution in [0.5, 0.6) is 0 Å². The molecule has 0 atom stereocenters. The minimum Gasteiger partial charge on any atom is -0.458 e. The van der Waals surface area contributed by atoms with Gasteiger partial charge in [0.05, 0.1) is 0 Å². The lowest BCUT2D eigenvalue weighted by molar-refractivity contribution is 0.526. The van der Waals surface area contributed by atoms with Gasteiger partial charge in [-0.2, -0.15) is 5.10 Å². The highest BCUT2D eigenvalue weighted by Gasteiger charge is 2.07. The zero-order valence-electron chi connectivity index (χ0n) is 7.66. The van der Waals surface area contributed by atoms with Gasteiger partial charge in [0.25, 0.3) is 0 Å². The van der Waals surface area contributed by atoms with E-state index in [0.717, 1.165) is 23.8 Å². The van der Waals surface area contributed by atoms with E-state index < -0.39 is 0 Å². The Morgan fingerprint density at radius 1 is 1.46 bits per heavy atom. The number of hydrogen-bond donors (Lipinski definition) is 1. The van der Waals surface area contributed by atoms with Crippen molar-refractivity contribution in [1.82, 2.24) is 15.2 Å². The van der Waals surface area contributed by atoms with Gasteiger partial charge >= 0.3 is 0 Å². The second kappa shape index (κ2) is 3.05. The van der Waals surface area contributed by atoms with Crippen LogP contribution in [0.25, 0.3) is 11.6 Å². The Balaban J connectivity index is 2.35. The van der Waals surface area contributed by atoms with E-state index in [0.29, 0.717) is 5.82 Å². The number of H-pyrrole nitrogens is 1. The third kappa shape index (κ3) is 1.47. The van der Waals surface area contributed by atoms with Crippen LogP contribution >= 0.6 is 0 Å². The molecule has 2 aromatic rings. The van der Waals surface area contributed by atoms with Crippen molar-refractivity contribution in [2.24, 2.45) is 0 Å². The lowest BCUT2D eigenvalue weighted by Gasteiger charge is -1.87. The fourth-order valence-corrected chi connectivity index (χ4v) is 1.14. The highest BCUT2D eigenvalue weighted by Crippen LogP contribution is 2.18. The van der Waals surface area contributed by atoms with Crippen LogP contribution in [0, 0.1) is 6.92 Å². The van der Waals surface area contributed by atoms with Crippen LogP contribution in [-0.4, -0.2) is 15.2 Å². The number of aryl methyl sites for hydroxylation is 2. The highest BCUT2D eigenvalue weighted by molar-refractivity contribution is 5.46. The molecular weight excluding hydrogens is 166 g/mol. The van der Waals surface area contributed by atoms with Crippen molar-refractivity contribution in [3.8, 4) is 11.6 Å². The standard InChI is InChI=1S/C9H11N3O/c1-3-7-4-5-8(13-7)9-10-6(2)11-12-9/h4-5H,3H2,1-2H3,(H,10,11,12). The zero-order chi connectivity index (χ0) is 9.26. The molecule has 0 amide bonds. The molecule has 0 saturated carbocycles. The van der Waals surface area contributed by atoms with Gasteiger partial charge in [-0.15, -0.1) is 0 Å². The number of furan rings is 1. The van der Waals surface area contributed by atoms with Crippen LogP contribution < -0.4 is 0 Å². The van der Waals surface area contributed by atoms with Crippen LogP contribution in [0.4, 0.5) is 0 Å². The van der Waals surface area contributed by atoms with E-state index in [-0.39, 0.29) is 0 Å². The van der Waals surface area contributed by atoms with Crippen molar-refractivity contribution in [3.05, 3.63) is 23.7 Å². The van der Waals surface area contributed by atoms with Crippen LogP contribution in [0.3, 0.4) is 0 Å². The third-order valence-electron chi connectivity index (χ3n) is 1.83. The van der Waals surface area contributed by atoms with Gasteiger partial charge in [-0.25, -0.2) is 4.98 Å². The van der Waals surface area contributed by atoms with Gasteiger partial charge in [0.1, 0.15) is 11.6 Å². The molecule has 0 aliphatic rings. The molecule has 4 nitrogen and oxygen atoms in total. The summed E-state index contributed by atoms with van der Waals surface area (Å²) in [6.45, 7) is 3.91. The predicted octanol–water partition coefficient (Wildman–Crippen LogP) is 1.94. The first-order chi connectivity index (χ1) is 6.29. The molecule has 0 spiro atoms. The Morgan fingerprint density at radius 2 is 2.31 bits per heavy atom. The second-order valence-electron chi connectivity index (χ2n) is 2.86. The molecule has 68 valence electrons. The number of hydrogen-bond acceptors (Lipinski definition) is 3. The van der Waals surface area contributed by atoms with Crippen LogP contribution in [-0.2, 0) is 6.42 Å². The van der Waals surface area contributed by atoms with E-state index in [1.807, 2.05) is 26.0 Å². The summed E-state index contributed by atoms with van der Waals surface area (Å²) in [4.78, 5) is 4.17. The molecule has 13 heavy (non-hydrogen) atoms. The quantitative estimate of drug-likeness (QED) is 0.762. The highest BCUT2D eigenvalue weighted by atomic mass is 16.3. The Hall–Kier alpha value is -1.58. The second-order valence-corrected chi connectivity index (χ2v) is 2.86. The monoisotopic (exact) mass is 177 g/mol. The molecule has 0 aromatic carbocycles. The first kappa shape index (κ1) is 8.04. The molecule has 2 heterocycles. The molecule has 1 N–H and O–H groups in total. The van der Waals surface area contributed by atoms with Gasteiger partial charge in [-0.05, 0) is 19.1 Å². The van der Waals surface area contributed by atoms with Gasteiger partial charge < -0.3 is 4.42 Å². The Kier molecular flexibility index (Phi) is 1.88. The van der Waals surface area contributed by atoms with Crippen molar-refractivity contribution in [2.75, 3.05) is 0 Å². The predicted molar refractivity (Wildman–Crippen MR) is 48.2 cm³/mol. The summed E-state index contributed by atoms with van der Waals surface area (Å²) in [5.41, 5.74) is 0. The molecule has 2 aromatic heterocycles. The maximum Gasteiger partial charge on any atom is 0.216 e. The van der Waals surface area contributed by atoms with Gasteiger partial charge in [0.15, 0.2) is 5.76 Å². The van der Waals surface area contributed by atoms with Gasteiger partial charge in [-0.3, -0.25) is 5.10 Å². The smallest absolute Gasteiger partial charge is 0.216 e. The van der Waals surface area contributed by atoms with Crippen molar-refractivity contribution in [1.29, 1.82) is 0 Å². The summed E-state index contributed by atoms with van der Waals surface area (Å²) in [6.07, 6.45) is 0.892. The molecule has 4 heteroatoms. The summed E-state index contributed by atoms with van der Waals surface area (Å²) in [7, 11) is 0. The maximum atomic E-state index is 5.49. The summed E-state index contributed by atoms with van der Waals surface area (Å²) in [6, 6.07) is 3.84. The summed E-state index contributed by atoms with van der Waals surface area (Å²) < 4.78 is 5.49. The number of aromatic amines is 1. The SMILES string of the molecule is CCc1ccc(-c2n[nH]c(C)n2)o1. The molecule has 0 aliphatic carbocycles. The number of aromatic nitrogens is 3. The fourth-order valence-electron chi connectivity index (χ4n) is 1.14. The molecule has 0 bridgehead atoms. The first-order valence-electron chi connectivity index (χ1n) is 4.27. The molecule has 2 rings (SSSR count). The third-order valence-corrected chi connectivity index (χ3v) is 1.83. The summed E-state index contributed by atoms with van der Waals surface area (Å²) in [5, 5.41) is 6.78. The largest absolute Gasteiger partial charge is 0.458 e. The molecule has 0 saturated heterocycles. The minimum atomic E-state index is 0.622. The average Bonchev–Trinajstić information content (AvgIpc) is 2.71. The Morgan fingerprint density at radius 3 is 2.85 bits per heavy atom. The van der Waals surface area contributed by atoms with E-state index in [9.17, 15) is 0 Å². The normalized spacial score (nSPS) is 10.6. The average molecular weight is 177 g/mol. The van der Waals surface area contributed by atoms with Crippen molar-refractivity contribution in [2.45, 2.75) is 20.3 Å². The van der Waals surface area contributed by atoms with E-state index in [1.165, 1.54) is 0 Å². The fraction of sp³-hybridized carbons (Fsp3) is 0.333. The van der Waals surface area contributed by atoms with Crippen molar-refractivity contribution >= 4 is 0 Å². The van der Waals surface area contributed by atoms with E-state index in [4.69, 9.17) is 4.42 Å². The molecule has 0 fully saturated rings. The summed E-state index contributed by atoms with van der Waals surface area (Å²) in [5.74, 6) is 3.10. The topological polar surface area (TPSA) is 54.7 Å². The van der Waals surface area contributed by atoms with Crippen molar-refractivity contribution < 1.29 is 4.42 Å². The molecule has 0 unspecified atom stereocenters. The number of rotatable bonds is 2. The van der Waals surface area contributed by atoms with E-state index >= 15 is 0 Å². The minimum absolute atomic E-state index is 0.622. The molecule has 0 aliphatic heterocycles. The summed E-state index contributed by atoms with van der Waals surface area (Å²) >= 11 is 0. The Labute approximate surface area is 76.0 Å². The van der Waals surface area contributed by atoms with Crippen LogP contribution in [0.2, 0.25) is 0 Å². The van der Waals surface area contributed by atoms with Gasteiger partial charge in [-0.1, -0.05) is 6.92 Å². The van der Waals surface area contributed by atoms with E-state index in [2.05, 4.69) is 15.2 Å². The Bertz CT molecular complexity index is 402. The zero-order valence-corrected chi connectivity index (χ0v) is 7.66. The lowest BCUT2D eigenvalue weighted by Crippen LogP contribution is -1.76. The molecular formula is C9H11N3O. The lowest BCUT2D eigenvalue weighted by atomic mass is 10.3. The number of nitrogens with zero attached hydrogens (tertiary/aromatic N) is 2. The van der Waals surface area contributed by atoms with Crippen molar-refractivity contribution in [3.63, 3.8) is 0 Å². The van der Waals surface area contributed by atoms with Gasteiger partial charge in [0.2, 0.25) is 5.82 Å². The van der Waals surface area contributed by atoms with Gasteiger partial charge in [0, 0.05) is 6.42 Å². The maximum absolute atomic E-state index is 5.49. The molecule has 0 radical (unpaired) electrons. The first-order valence-corrected chi connectivity index (χ1v) is 4.27.